The monoisotopic (exact) mass is 217 g/mol. The van der Waals surface area contributed by atoms with Crippen LogP contribution in [0.4, 0.5) is 5.69 Å². The smallest absolute Gasteiger partial charge is 0.0967 e. The summed E-state index contributed by atoms with van der Waals surface area (Å²) in [7, 11) is 1.83. The zero-order valence-electron chi connectivity index (χ0n) is 9.98. The number of hydrogen-bond acceptors (Lipinski definition) is 3. The van der Waals surface area contributed by atoms with E-state index >= 15 is 0 Å². The minimum absolute atomic E-state index is 0.0576. The van der Waals surface area contributed by atoms with Gasteiger partial charge in [-0.2, -0.15) is 5.26 Å². The molecule has 16 heavy (non-hydrogen) atoms. The number of anilines is 1. The van der Waals surface area contributed by atoms with Crippen molar-refractivity contribution in [3.63, 3.8) is 0 Å². The number of nitriles is 1. The number of hydrogen-bond donors (Lipinski definition) is 1. The number of para-hydroxylation sites is 1. The molecule has 0 spiro atoms. The van der Waals surface area contributed by atoms with E-state index in [0.717, 1.165) is 19.5 Å². The molecule has 0 saturated carbocycles. The average Bonchev–Trinajstić information content (AvgIpc) is 2.36. The van der Waals surface area contributed by atoms with Crippen molar-refractivity contribution in [3.8, 4) is 6.07 Å². The number of rotatable bonds is 6. The van der Waals surface area contributed by atoms with E-state index in [1.165, 1.54) is 5.69 Å². The van der Waals surface area contributed by atoms with Crippen molar-refractivity contribution >= 4 is 5.69 Å². The van der Waals surface area contributed by atoms with E-state index in [0.29, 0.717) is 0 Å². The van der Waals surface area contributed by atoms with Crippen LogP contribution in [0.1, 0.15) is 13.3 Å². The average molecular weight is 217 g/mol. The van der Waals surface area contributed by atoms with E-state index in [4.69, 9.17) is 5.26 Å². The predicted octanol–water partition coefficient (Wildman–Crippen LogP) is 2.01. The van der Waals surface area contributed by atoms with Crippen LogP contribution in [-0.4, -0.2) is 26.2 Å². The number of nitrogens with zero attached hydrogens (tertiary/aromatic N) is 2. The van der Waals surface area contributed by atoms with Gasteiger partial charge in [-0.15, -0.1) is 0 Å². The van der Waals surface area contributed by atoms with Gasteiger partial charge >= 0.3 is 0 Å². The van der Waals surface area contributed by atoms with Crippen molar-refractivity contribution in [1.29, 1.82) is 5.26 Å². The van der Waals surface area contributed by atoms with Gasteiger partial charge in [0.15, 0.2) is 0 Å². The quantitative estimate of drug-likeness (QED) is 0.792. The lowest BCUT2D eigenvalue weighted by atomic mass is 10.2. The molecule has 0 aliphatic heterocycles. The first-order chi connectivity index (χ1) is 7.81. The van der Waals surface area contributed by atoms with E-state index in [1.54, 1.807) is 0 Å². The van der Waals surface area contributed by atoms with E-state index in [-0.39, 0.29) is 6.04 Å². The van der Waals surface area contributed by atoms with Gasteiger partial charge in [-0.05, 0) is 32.5 Å². The molecule has 0 fully saturated rings. The zero-order valence-corrected chi connectivity index (χ0v) is 9.98. The van der Waals surface area contributed by atoms with Gasteiger partial charge in [-0.3, -0.25) is 0 Å². The Bertz CT molecular complexity index is 329. The summed E-state index contributed by atoms with van der Waals surface area (Å²) in [4.78, 5) is 2.28. The highest BCUT2D eigenvalue weighted by Gasteiger charge is 2.08. The van der Waals surface area contributed by atoms with E-state index in [9.17, 15) is 0 Å². The molecule has 1 unspecified atom stereocenters. The third kappa shape index (κ3) is 3.56. The largest absolute Gasteiger partial charge is 0.372 e. The fourth-order valence-corrected chi connectivity index (χ4v) is 1.67. The maximum Gasteiger partial charge on any atom is 0.0967 e. The molecule has 1 atom stereocenters. The summed E-state index contributed by atoms with van der Waals surface area (Å²) in [6, 6.07) is 12.5. The van der Waals surface area contributed by atoms with Gasteiger partial charge in [-0.25, -0.2) is 0 Å². The fourth-order valence-electron chi connectivity index (χ4n) is 1.67. The van der Waals surface area contributed by atoms with Gasteiger partial charge in [0.2, 0.25) is 0 Å². The van der Waals surface area contributed by atoms with Crippen LogP contribution >= 0.6 is 0 Å². The maximum atomic E-state index is 8.85. The summed E-state index contributed by atoms with van der Waals surface area (Å²) in [5, 5.41) is 11.8. The first-order valence-corrected chi connectivity index (χ1v) is 5.68. The highest BCUT2D eigenvalue weighted by Crippen LogP contribution is 2.13. The summed E-state index contributed by atoms with van der Waals surface area (Å²) < 4.78 is 0. The Kier molecular flexibility index (Phi) is 5.38. The summed E-state index contributed by atoms with van der Waals surface area (Å²) >= 11 is 0. The molecule has 1 rings (SSSR count). The number of nitrogens with one attached hydrogen (secondary N) is 1. The molecular weight excluding hydrogens is 198 g/mol. The molecule has 0 amide bonds. The molecule has 1 aromatic rings. The molecule has 86 valence electrons. The lowest BCUT2D eigenvalue weighted by Crippen LogP contribution is -2.31. The minimum atomic E-state index is -0.0576. The molecule has 1 N–H and O–H groups in total. The van der Waals surface area contributed by atoms with Crippen molar-refractivity contribution in [2.24, 2.45) is 0 Å². The molecule has 0 aliphatic rings. The topological polar surface area (TPSA) is 39.1 Å². The molecule has 3 nitrogen and oxygen atoms in total. The second kappa shape index (κ2) is 6.86. The van der Waals surface area contributed by atoms with E-state index in [1.807, 2.05) is 25.2 Å². The standard InChI is InChI=1S/C13H19N3/c1-3-16(10-9-12(11-14)15-2)13-7-5-4-6-8-13/h4-8,12,15H,3,9-10H2,1-2H3. The lowest BCUT2D eigenvalue weighted by Gasteiger charge is -2.24. The maximum absolute atomic E-state index is 8.85. The van der Waals surface area contributed by atoms with Crippen LogP contribution in [0.2, 0.25) is 0 Å². The molecule has 0 aromatic heterocycles. The van der Waals surface area contributed by atoms with Gasteiger partial charge in [-0.1, -0.05) is 18.2 Å². The van der Waals surface area contributed by atoms with Gasteiger partial charge in [0.25, 0.3) is 0 Å². The minimum Gasteiger partial charge on any atom is -0.372 e. The van der Waals surface area contributed by atoms with Gasteiger partial charge in [0, 0.05) is 18.8 Å². The van der Waals surface area contributed by atoms with Crippen LogP contribution in [0, 0.1) is 11.3 Å². The van der Waals surface area contributed by atoms with Crippen molar-refractivity contribution in [2.75, 3.05) is 25.0 Å². The van der Waals surface area contributed by atoms with Crippen molar-refractivity contribution in [3.05, 3.63) is 30.3 Å². The Morgan fingerprint density at radius 1 is 1.38 bits per heavy atom. The molecule has 0 radical (unpaired) electrons. The Hall–Kier alpha value is -1.53. The van der Waals surface area contributed by atoms with Crippen LogP contribution in [-0.2, 0) is 0 Å². The SMILES string of the molecule is CCN(CCC(C#N)NC)c1ccccc1. The highest BCUT2D eigenvalue weighted by atomic mass is 15.1. The van der Waals surface area contributed by atoms with E-state index in [2.05, 4.69) is 35.3 Å². The Morgan fingerprint density at radius 3 is 2.56 bits per heavy atom. The third-order valence-corrected chi connectivity index (χ3v) is 2.70. The molecule has 3 heteroatoms. The third-order valence-electron chi connectivity index (χ3n) is 2.70. The molecule has 0 heterocycles. The van der Waals surface area contributed by atoms with Crippen molar-refractivity contribution < 1.29 is 0 Å². The van der Waals surface area contributed by atoms with Gasteiger partial charge < -0.3 is 10.2 Å². The normalized spacial score (nSPS) is 11.8. The van der Waals surface area contributed by atoms with Crippen LogP contribution in [0.25, 0.3) is 0 Å². The summed E-state index contributed by atoms with van der Waals surface area (Å²) in [5.74, 6) is 0. The Labute approximate surface area is 97.7 Å². The van der Waals surface area contributed by atoms with Crippen LogP contribution in [0.3, 0.4) is 0 Å². The second-order valence-electron chi connectivity index (χ2n) is 3.67. The van der Waals surface area contributed by atoms with Gasteiger partial charge in [0.1, 0.15) is 0 Å². The Balaban J connectivity index is 2.54. The molecule has 1 aromatic carbocycles. The second-order valence-corrected chi connectivity index (χ2v) is 3.67. The molecule has 0 aliphatic carbocycles. The summed E-state index contributed by atoms with van der Waals surface area (Å²) in [6.07, 6.45) is 0.843. The zero-order chi connectivity index (χ0) is 11.8. The molecule has 0 saturated heterocycles. The van der Waals surface area contributed by atoms with Crippen molar-refractivity contribution in [1.82, 2.24) is 5.32 Å². The van der Waals surface area contributed by atoms with E-state index < -0.39 is 0 Å². The van der Waals surface area contributed by atoms with Crippen LogP contribution < -0.4 is 10.2 Å². The van der Waals surface area contributed by atoms with Gasteiger partial charge in [0.05, 0.1) is 12.1 Å². The number of benzene rings is 1. The lowest BCUT2D eigenvalue weighted by molar-refractivity contribution is 0.611. The Morgan fingerprint density at radius 2 is 2.06 bits per heavy atom. The summed E-state index contributed by atoms with van der Waals surface area (Å²) in [6.45, 7) is 4.00. The fraction of sp³-hybridized carbons (Fsp3) is 0.462. The van der Waals surface area contributed by atoms with Crippen LogP contribution in [0.5, 0.6) is 0 Å². The highest BCUT2D eigenvalue weighted by molar-refractivity contribution is 5.45. The summed E-state index contributed by atoms with van der Waals surface area (Å²) in [5.41, 5.74) is 1.22. The first-order valence-electron chi connectivity index (χ1n) is 5.68. The van der Waals surface area contributed by atoms with Crippen molar-refractivity contribution in [2.45, 2.75) is 19.4 Å². The first kappa shape index (κ1) is 12.5. The molecular formula is C13H19N3. The molecule has 0 bridgehead atoms. The van der Waals surface area contributed by atoms with Crippen LogP contribution in [0.15, 0.2) is 30.3 Å². The predicted molar refractivity (Wildman–Crippen MR) is 67.4 cm³/mol.